The molecule has 1 aromatic carbocycles. The van der Waals surface area contributed by atoms with Crippen molar-refractivity contribution in [2.24, 2.45) is 5.92 Å². The molecule has 16 heavy (non-hydrogen) atoms. The second-order valence-electron chi connectivity index (χ2n) is 4.33. The van der Waals surface area contributed by atoms with Crippen LogP contribution in [0.25, 0.3) is 0 Å². The maximum Gasteiger partial charge on any atom is 0.0681 e. The lowest BCUT2D eigenvalue weighted by atomic mass is 10.0. The van der Waals surface area contributed by atoms with Crippen molar-refractivity contribution in [1.29, 1.82) is 0 Å². The molecule has 1 aromatic rings. The first kappa shape index (κ1) is 12.0. The van der Waals surface area contributed by atoms with Crippen molar-refractivity contribution < 1.29 is 5.11 Å². The van der Waals surface area contributed by atoms with Crippen molar-refractivity contribution in [1.82, 2.24) is 5.32 Å². The predicted molar refractivity (Wildman–Crippen MR) is 68.7 cm³/mol. The molecule has 2 nitrogen and oxygen atoms in total. The summed E-state index contributed by atoms with van der Waals surface area (Å²) in [5, 5.41) is 12.4. The Balaban J connectivity index is 1.79. The van der Waals surface area contributed by atoms with Gasteiger partial charge in [-0.1, -0.05) is 12.1 Å². The summed E-state index contributed by atoms with van der Waals surface area (Å²) in [5.41, 5.74) is 0.990. The number of aliphatic hydroxyl groups is 1. The third-order valence-corrected chi connectivity index (χ3v) is 4.23. The molecular weight excluding hydrogens is 218 g/mol. The summed E-state index contributed by atoms with van der Waals surface area (Å²) in [6.07, 6.45) is 2.67. The fraction of sp³-hybridized carbons (Fsp3) is 0.538. The summed E-state index contributed by atoms with van der Waals surface area (Å²) in [6.45, 7) is 2.49. The zero-order chi connectivity index (χ0) is 11.2. The van der Waals surface area contributed by atoms with Crippen molar-refractivity contribution in [3.05, 3.63) is 29.8 Å². The molecule has 3 heteroatoms. The van der Waals surface area contributed by atoms with Crippen molar-refractivity contribution in [3.63, 3.8) is 0 Å². The third kappa shape index (κ3) is 3.51. The van der Waals surface area contributed by atoms with Gasteiger partial charge in [0.05, 0.1) is 6.61 Å². The SMILES string of the molecule is OCc1ccc(SCC2CCCNC2)cc1. The van der Waals surface area contributed by atoms with E-state index < -0.39 is 0 Å². The van der Waals surface area contributed by atoms with Gasteiger partial charge in [0.25, 0.3) is 0 Å². The maximum atomic E-state index is 8.95. The lowest BCUT2D eigenvalue weighted by Gasteiger charge is -2.22. The van der Waals surface area contributed by atoms with E-state index in [-0.39, 0.29) is 6.61 Å². The highest BCUT2D eigenvalue weighted by Crippen LogP contribution is 2.24. The van der Waals surface area contributed by atoms with E-state index in [0.717, 1.165) is 11.5 Å². The van der Waals surface area contributed by atoms with Gasteiger partial charge >= 0.3 is 0 Å². The number of rotatable bonds is 4. The normalized spacial score (nSPS) is 20.9. The van der Waals surface area contributed by atoms with Gasteiger partial charge in [-0.3, -0.25) is 0 Å². The Morgan fingerprint density at radius 2 is 2.12 bits per heavy atom. The number of benzene rings is 1. The van der Waals surface area contributed by atoms with Gasteiger partial charge in [-0.25, -0.2) is 0 Å². The topological polar surface area (TPSA) is 32.3 Å². The van der Waals surface area contributed by atoms with Crippen LogP contribution in [0.4, 0.5) is 0 Å². The van der Waals surface area contributed by atoms with Crippen molar-refractivity contribution in [2.75, 3.05) is 18.8 Å². The first-order chi connectivity index (χ1) is 7.88. The van der Waals surface area contributed by atoms with Crippen LogP contribution in [0, 0.1) is 5.92 Å². The Kier molecular flexibility index (Phi) is 4.69. The van der Waals surface area contributed by atoms with Crippen molar-refractivity contribution in [3.8, 4) is 0 Å². The quantitative estimate of drug-likeness (QED) is 0.788. The van der Waals surface area contributed by atoms with Crippen LogP contribution in [-0.2, 0) is 6.61 Å². The molecule has 2 rings (SSSR count). The Labute approximate surface area is 101 Å². The summed E-state index contributed by atoms with van der Waals surface area (Å²) in [7, 11) is 0. The molecule has 88 valence electrons. The Morgan fingerprint density at radius 3 is 2.75 bits per heavy atom. The minimum atomic E-state index is 0.136. The highest BCUT2D eigenvalue weighted by atomic mass is 32.2. The summed E-state index contributed by atoms with van der Waals surface area (Å²) in [6, 6.07) is 8.21. The molecule has 0 radical (unpaired) electrons. The van der Waals surface area contributed by atoms with Crippen LogP contribution in [0.15, 0.2) is 29.2 Å². The van der Waals surface area contributed by atoms with Crippen LogP contribution in [0.1, 0.15) is 18.4 Å². The van der Waals surface area contributed by atoms with Gasteiger partial charge in [0.1, 0.15) is 0 Å². The van der Waals surface area contributed by atoms with Crippen LogP contribution in [0.2, 0.25) is 0 Å². The van der Waals surface area contributed by atoms with E-state index in [1.807, 2.05) is 23.9 Å². The molecule has 1 atom stereocenters. The van der Waals surface area contributed by atoms with Gasteiger partial charge in [-0.2, -0.15) is 0 Å². The predicted octanol–water partition coefficient (Wildman–Crippen LogP) is 2.27. The molecule has 1 fully saturated rings. The Hall–Kier alpha value is -0.510. The van der Waals surface area contributed by atoms with Gasteiger partial charge < -0.3 is 10.4 Å². The summed E-state index contributed by atoms with van der Waals surface area (Å²) >= 11 is 1.92. The first-order valence-electron chi connectivity index (χ1n) is 5.92. The first-order valence-corrected chi connectivity index (χ1v) is 6.90. The number of nitrogens with one attached hydrogen (secondary N) is 1. The fourth-order valence-corrected chi connectivity index (χ4v) is 3.01. The van der Waals surface area contributed by atoms with E-state index >= 15 is 0 Å². The second kappa shape index (κ2) is 6.28. The summed E-state index contributed by atoms with van der Waals surface area (Å²) in [4.78, 5) is 1.31. The van der Waals surface area contributed by atoms with E-state index in [0.29, 0.717) is 0 Å². The molecule has 0 saturated carbocycles. The monoisotopic (exact) mass is 237 g/mol. The molecule has 1 saturated heterocycles. The summed E-state index contributed by atoms with van der Waals surface area (Å²) < 4.78 is 0. The molecule has 0 spiro atoms. The minimum absolute atomic E-state index is 0.136. The van der Waals surface area contributed by atoms with Crippen molar-refractivity contribution in [2.45, 2.75) is 24.3 Å². The van der Waals surface area contributed by atoms with Crippen LogP contribution < -0.4 is 5.32 Å². The molecule has 1 heterocycles. The second-order valence-corrected chi connectivity index (χ2v) is 5.42. The number of aliphatic hydroxyl groups excluding tert-OH is 1. The standard InChI is InChI=1S/C13H19NOS/c15-9-11-3-5-13(6-4-11)16-10-12-2-1-7-14-8-12/h3-6,12,14-15H,1-2,7-10H2. The molecule has 0 bridgehead atoms. The van der Waals surface area contributed by atoms with E-state index in [4.69, 9.17) is 5.11 Å². The largest absolute Gasteiger partial charge is 0.392 e. The van der Waals surface area contributed by atoms with Gasteiger partial charge in [0, 0.05) is 10.6 Å². The zero-order valence-corrected chi connectivity index (χ0v) is 10.3. The van der Waals surface area contributed by atoms with Crippen LogP contribution in [-0.4, -0.2) is 23.9 Å². The lowest BCUT2D eigenvalue weighted by Crippen LogP contribution is -2.30. The number of hydrogen-bond donors (Lipinski definition) is 2. The number of piperidine rings is 1. The molecule has 0 aromatic heterocycles. The Bertz CT molecular complexity index is 306. The lowest BCUT2D eigenvalue weighted by molar-refractivity contribution is 0.282. The molecule has 1 unspecified atom stereocenters. The van der Waals surface area contributed by atoms with Crippen LogP contribution >= 0.6 is 11.8 Å². The molecule has 1 aliphatic heterocycles. The number of hydrogen-bond acceptors (Lipinski definition) is 3. The third-order valence-electron chi connectivity index (χ3n) is 2.99. The maximum absolute atomic E-state index is 8.95. The molecule has 0 amide bonds. The average Bonchev–Trinajstić information content (AvgIpc) is 2.38. The molecule has 2 N–H and O–H groups in total. The summed E-state index contributed by atoms with van der Waals surface area (Å²) in [5.74, 6) is 2.02. The highest BCUT2D eigenvalue weighted by molar-refractivity contribution is 7.99. The highest BCUT2D eigenvalue weighted by Gasteiger charge is 2.12. The smallest absolute Gasteiger partial charge is 0.0681 e. The van der Waals surface area contributed by atoms with Crippen molar-refractivity contribution >= 4 is 11.8 Å². The molecule has 1 aliphatic rings. The fourth-order valence-electron chi connectivity index (χ4n) is 1.97. The number of thioether (sulfide) groups is 1. The van der Waals surface area contributed by atoms with Gasteiger partial charge in [0.2, 0.25) is 0 Å². The van der Waals surface area contributed by atoms with Gasteiger partial charge in [-0.15, -0.1) is 11.8 Å². The van der Waals surface area contributed by atoms with E-state index in [1.54, 1.807) is 0 Å². The van der Waals surface area contributed by atoms with Crippen LogP contribution in [0.5, 0.6) is 0 Å². The van der Waals surface area contributed by atoms with Gasteiger partial charge in [-0.05, 0) is 49.5 Å². The van der Waals surface area contributed by atoms with E-state index in [9.17, 15) is 0 Å². The molecule has 0 aliphatic carbocycles. The van der Waals surface area contributed by atoms with E-state index in [2.05, 4.69) is 17.4 Å². The average molecular weight is 237 g/mol. The van der Waals surface area contributed by atoms with Gasteiger partial charge in [0.15, 0.2) is 0 Å². The Morgan fingerprint density at radius 1 is 1.31 bits per heavy atom. The minimum Gasteiger partial charge on any atom is -0.392 e. The zero-order valence-electron chi connectivity index (χ0n) is 9.48. The van der Waals surface area contributed by atoms with Crippen LogP contribution in [0.3, 0.4) is 0 Å². The molecular formula is C13H19NOS. The van der Waals surface area contributed by atoms with E-state index in [1.165, 1.54) is 36.6 Å².